The first-order valence-corrected chi connectivity index (χ1v) is 5.57. The van der Waals surface area contributed by atoms with E-state index < -0.39 is 12.0 Å². The van der Waals surface area contributed by atoms with Crippen LogP contribution in [0.2, 0.25) is 0 Å². The second kappa shape index (κ2) is 4.56. The van der Waals surface area contributed by atoms with Gasteiger partial charge in [-0.2, -0.15) is 0 Å². The van der Waals surface area contributed by atoms with E-state index in [-0.39, 0.29) is 18.4 Å². The normalized spacial score (nSPS) is 17.4. The number of aromatic nitrogens is 1. The summed E-state index contributed by atoms with van der Waals surface area (Å²) < 4.78 is 10.6. The van der Waals surface area contributed by atoms with Gasteiger partial charge in [-0.05, 0) is 17.7 Å². The van der Waals surface area contributed by atoms with Crippen LogP contribution in [-0.4, -0.2) is 34.6 Å². The Hall–Kier alpha value is -3.06. The quantitative estimate of drug-likeness (QED) is 0.518. The van der Waals surface area contributed by atoms with Crippen molar-refractivity contribution in [3.05, 3.63) is 34.5 Å². The smallest absolute Gasteiger partial charge is 0.332 e. The molecular formula is C11H7N5O4. The van der Waals surface area contributed by atoms with Gasteiger partial charge in [-0.1, -0.05) is 11.2 Å². The van der Waals surface area contributed by atoms with E-state index in [4.69, 9.17) is 19.8 Å². The number of aliphatic imine (C=N–C) groups is 1. The Kier molecular flexibility index (Phi) is 2.73. The van der Waals surface area contributed by atoms with E-state index in [1.54, 1.807) is 12.1 Å². The van der Waals surface area contributed by atoms with Crippen LogP contribution in [0, 0.1) is 0 Å². The molecule has 0 aliphatic carbocycles. The Morgan fingerprint density at radius 2 is 2.40 bits per heavy atom. The summed E-state index contributed by atoms with van der Waals surface area (Å²) in [6.45, 7) is -0.0482. The highest BCUT2D eigenvalue weighted by Crippen LogP contribution is 2.23. The van der Waals surface area contributed by atoms with E-state index in [1.165, 1.54) is 6.07 Å². The highest BCUT2D eigenvalue weighted by molar-refractivity contribution is 5.95. The monoisotopic (exact) mass is 273 g/mol. The van der Waals surface area contributed by atoms with Crippen LogP contribution in [0.25, 0.3) is 21.5 Å². The fourth-order valence-electron chi connectivity index (χ4n) is 1.74. The first-order valence-electron chi connectivity index (χ1n) is 5.57. The summed E-state index contributed by atoms with van der Waals surface area (Å²) in [5, 5.41) is 12.3. The van der Waals surface area contributed by atoms with Gasteiger partial charge < -0.3 is 14.3 Å². The third kappa shape index (κ3) is 2.02. The van der Waals surface area contributed by atoms with E-state index in [2.05, 4.69) is 20.0 Å². The molecule has 1 N–H and O–H groups in total. The van der Waals surface area contributed by atoms with Gasteiger partial charge in [-0.25, -0.2) is 14.8 Å². The predicted octanol–water partition coefficient (Wildman–Crippen LogP) is 2.00. The van der Waals surface area contributed by atoms with Crippen LogP contribution in [0.5, 0.6) is 0 Å². The topological polar surface area (TPSA) is 134 Å². The fraction of sp³-hybridized carbons (Fsp3) is 0.182. The number of aliphatic carboxylic acids is 1. The number of carboxylic acids is 1. The molecule has 0 fully saturated rings. The maximum absolute atomic E-state index is 10.8. The lowest BCUT2D eigenvalue weighted by Crippen LogP contribution is -2.18. The zero-order valence-corrected chi connectivity index (χ0v) is 9.92. The lowest BCUT2D eigenvalue weighted by Gasteiger charge is -1.94. The van der Waals surface area contributed by atoms with Crippen molar-refractivity contribution in [1.82, 2.24) is 4.98 Å². The number of oxazole rings is 1. The van der Waals surface area contributed by atoms with E-state index in [0.29, 0.717) is 16.8 Å². The number of rotatable bonds is 3. The molecule has 1 aliphatic rings. The standard InChI is InChI=1S/C11H7N5O4/c12-16-15-5-1-2-6-8(3-5)20-10(13-6)9-14-7(4-19-9)11(17)18/h1-3,7H,4H2,(H,17,18). The van der Waals surface area contributed by atoms with Crippen molar-refractivity contribution in [2.45, 2.75) is 6.04 Å². The molecule has 0 amide bonds. The van der Waals surface area contributed by atoms with Gasteiger partial charge in [0.1, 0.15) is 12.1 Å². The van der Waals surface area contributed by atoms with Crippen LogP contribution < -0.4 is 0 Å². The number of ether oxygens (including phenoxy) is 1. The third-order valence-electron chi connectivity index (χ3n) is 2.65. The van der Waals surface area contributed by atoms with Crippen molar-refractivity contribution >= 4 is 28.7 Å². The van der Waals surface area contributed by atoms with Crippen molar-refractivity contribution < 1.29 is 19.1 Å². The van der Waals surface area contributed by atoms with E-state index >= 15 is 0 Å². The summed E-state index contributed by atoms with van der Waals surface area (Å²) in [7, 11) is 0. The Bertz CT molecular complexity index is 774. The molecule has 0 bridgehead atoms. The summed E-state index contributed by atoms with van der Waals surface area (Å²) in [5.41, 5.74) is 9.69. The Morgan fingerprint density at radius 3 is 3.10 bits per heavy atom. The second-order valence-electron chi connectivity index (χ2n) is 3.96. The molecule has 1 aliphatic heterocycles. The molecule has 1 atom stereocenters. The van der Waals surface area contributed by atoms with E-state index in [0.717, 1.165) is 0 Å². The molecule has 2 aromatic rings. The third-order valence-corrected chi connectivity index (χ3v) is 2.65. The summed E-state index contributed by atoms with van der Waals surface area (Å²) in [6, 6.07) is 3.79. The molecule has 1 unspecified atom stereocenters. The van der Waals surface area contributed by atoms with Crippen LogP contribution in [0.4, 0.5) is 5.69 Å². The summed E-state index contributed by atoms with van der Waals surface area (Å²) in [4.78, 5) is 21.5. The van der Waals surface area contributed by atoms with Crippen molar-refractivity contribution in [1.29, 1.82) is 0 Å². The average molecular weight is 273 g/mol. The highest BCUT2D eigenvalue weighted by atomic mass is 16.5. The average Bonchev–Trinajstić information content (AvgIpc) is 3.05. The van der Waals surface area contributed by atoms with Crippen LogP contribution >= 0.6 is 0 Å². The van der Waals surface area contributed by atoms with Crippen molar-refractivity contribution in [2.75, 3.05) is 6.61 Å². The number of carboxylic acid groups (broad SMARTS) is 1. The number of nitrogens with zero attached hydrogens (tertiary/aromatic N) is 5. The maximum atomic E-state index is 10.8. The maximum Gasteiger partial charge on any atom is 0.332 e. The van der Waals surface area contributed by atoms with Gasteiger partial charge in [0, 0.05) is 10.6 Å². The molecule has 0 spiro atoms. The van der Waals surface area contributed by atoms with Gasteiger partial charge in [0.2, 0.25) is 0 Å². The minimum atomic E-state index is -1.07. The lowest BCUT2D eigenvalue weighted by molar-refractivity contribution is -0.138. The van der Waals surface area contributed by atoms with Crippen LogP contribution in [0.1, 0.15) is 5.89 Å². The van der Waals surface area contributed by atoms with Crippen molar-refractivity contribution in [3.8, 4) is 0 Å². The number of azide groups is 1. The van der Waals surface area contributed by atoms with Gasteiger partial charge >= 0.3 is 5.97 Å². The van der Waals surface area contributed by atoms with Crippen molar-refractivity contribution in [2.24, 2.45) is 10.1 Å². The second-order valence-corrected chi connectivity index (χ2v) is 3.96. The van der Waals surface area contributed by atoms with Crippen LogP contribution in [0.15, 0.2) is 32.7 Å². The molecule has 0 saturated carbocycles. The van der Waals surface area contributed by atoms with E-state index in [1.807, 2.05) is 0 Å². The molecule has 1 aromatic carbocycles. The van der Waals surface area contributed by atoms with Gasteiger partial charge in [-0.15, -0.1) is 0 Å². The van der Waals surface area contributed by atoms with Gasteiger partial charge in [0.05, 0.1) is 0 Å². The molecule has 9 heteroatoms. The molecule has 3 rings (SSSR count). The molecule has 0 radical (unpaired) electrons. The van der Waals surface area contributed by atoms with Gasteiger partial charge in [0.15, 0.2) is 11.6 Å². The number of hydrogen-bond donors (Lipinski definition) is 1. The Balaban J connectivity index is 1.99. The van der Waals surface area contributed by atoms with Crippen LogP contribution in [0.3, 0.4) is 0 Å². The van der Waals surface area contributed by atoms with E-state index in [9.17, 15) is 4.79 Å². The first kappa shape index (κ1) is 12.0. The SMILES string of the molecule is [N-]=[N+]=Nc1ccc2nc(C3=NC(C(=O)O)CO3)oc2c1. The fourth-order valence-corrected chi connectivity index (χ4v) is 1.74. The zero-order chi connectivity index (χ0) is 14.1. The van der Waals surface area contributed by atoms with Crippen LogP contribution in [-0.2, 0) is 9.53 Å². The number of hydrogen-bond acceptors (Lipinski definition) is 6. The zero-order valence-electron chi connectivity index (χ0n) is 9.92. The summed E-state index contributed by atoms with van der Waals surface area (Å²) >= 11 is 0. The number of fused-ring (bicyclic) bond motifs is 1. The summed E-state index contributed by atoms with van der Waals surface area (Å²) in [5.74, 6) is -0.914. The molecule has 2 heterocycles. The largest absolute Gasteiger partial charge is 0.480 e. The lowest BCUT2D eigenvalue weighted by atomic mass is 10.3. The highest BCUT2D eigenvalue weighted by Gasteiger charge is 2.28. The number of carbonyl (C=O) groups is 1. The number of benzene rings is 1. The first-order chi connectivity index (χ1) is 9.67. The molecular weight excluding hydrogens is 266 g/mol. The molecule has 20 heavy (non-hydrogen) atoms. The van der Waals surface area contributed by atoms with Gasteiger partial charge in [0.25, 0.3) is 11.8 Å². The minimum Gasteiger partial charge on any atom is -0.480 e. The Labute approximate surface area is 111 Å². The molecule has 1 aromatic heterocycles. The summed E-state index contributed by atoms with van der Waals surface area (Å²) in [6.07, 6.45) is 0. The minimum absolute atomic E-state index is 0.0482. The molecule has 9 nitrogen and oxygen atoms in total. The van der Waals surface area contributed by atoms with Gasteiger partial charge in [-0.3, -0.25) is 0 Å². The molecule has 100 valence electrons. The Morgan fingerprint density at radius 1 is 1.55 bits per heavy atom. The molecule has 0 saturated heterocycles. The van der Waals surface area contributed by atoms with Crippen molar-refractivity contribution in [3.63, 3.8) is 0 Å². The predicted molar refractivity (Wildman–Crippen MR) is 66.7 cm³/mol.